The second kappa shape index (κ2) is 8.17. The normalized spacial score (nSPS) is 11.0. The predicted molar refractivity (Wildman–Crippen MR) is 98.1 cm³/mol. The zero-order chi connectivity index (χ0) is 19.4. The molecule has 0 unspecified atom stereocenters. The van der Waals surface area contributed by atoms with Gasteiger partial charge in [-0.25, -0.2) is 9.78 Å². The predicted octanol–water partition coefficient (Wildman–Crippen LogP) is 3.95. The number of alkyl halides is 2. The van der Waals surface area contributed by atoms with E-state index in [4.69, 9.17) is 0 Å². The number of rotatable bonds is 6. The lowest BCUT2D eigenvalue weighted by Crippen LogP contribution is -2.17. The van der Waals surface area contributed by atoms with Crippen molar-refractivity contribution in [1.82, 2.24) is 9.55 Å². The van der Waals surface area contributed by atoms with Gasteiger partial charge in [-0.1, -0.05) is 36.0 Å². The number of amides is 1. The number of benzene rings is 2. The molecule has 0 bridgehead atoms. The first-order valence-corrected chi connectivity index (χ1v) is 8.85. The van der Waals surface area contributed by atoms with Gasteiger partial charge in [-0.2, -0.15) is 8.78 Å². The van der Waals surface area contributed by atoms with E-state index in [0.29, 0.717) is 11.0 Å². The highest BCUT2D eigenvalue weighted by Crippen LogP contribution is 2.29. The summed E-state index contributed by atoms with van der Waals surface area (Å²) in [6.45, 7) is -2.77. The van der Waals surface area contributed by atoms with E-state index < -0.39 is 18.4 Å². The minimum atomic E-state index is -2.77. The highest BCUT2D eigenvalue weighted by atomic mass is 32.2. The number of thioether (sulfide) groups is 1. The van der Waals surface area contributed by atoms with E-state index in [-0.39, 0.29) is 22.2 Å². The third kappa shape index (κ3) is 4.08. The third-order valence-electron chi connectivity index (χ3n) is 3.70. The first-order valence-electron chi connectivity index (χ1n) is 7.86. The largest absolute Gasteiger partial charge is 0.465 e. The van der Waals surface area contributed by atoms with Gasteiger partial charge in [-0.05, 0) is 24.3 Å². The first kappa shape index (κ1) is 18.8. The van der Waals surface area contributed by atoms with Crippen molar-refractivity contribution in [3.8, 4) is 0 Å². The lowest BCUT2D eigenvalue weighted by Gasteiger charge is -2.10. The molecule has 27 heavy (non-hydrogen) atoms. The molecule has 1 N–H and O–H groups in total. The van der Waals surface area contributed by atoms with Crippen molar-refractivity contribution in [3.63, 3.8) is 0 Å². The van der Waals surface area contributed by atoms with Crippen LogP contribution in [0.15, 0.2) is 53.7 Å². The van der Waals surface area contributed by atoms with Crippen LogP contribution in [-0.2, 0) is 9.53 Å². The number of hydrogen-bond acceptors (Lipinski definition) is 5. The number of para-hydroxylation sites is 3. The molecule has 0 aliphatic carbocycles. The fraction of sp³-hybridized carbons (Fsp3) is 0.167. The van der Waals surface area contributed by atoms with Crippen LogP contribution in [0.2, 0.25) is 0 Å². The molecule has 9 heteroatoms. The van der Waals surface area contributed by atoms with Gasteiger partial charge in [0.25, 0.3) is 0 Å². The number of aromatic nitrogens is 2. The molecule has 1 heterocycles. The maximum absolute atomic E-state index is 13.4. The third-order valence-corrected chi connectivity index (χ3v) is 4.65. The number of imidazole rings is 1. The average Bonchev–Trinajstić information content (AvgIpc) is 3.05. The lowest BCUT2D eigenvalue weighted by molar-refractivity contribution is -0.113. The van der Waals surface area contributed by atoms with Crippen LogP contribution in [0.5, 0.6) is 0 Å². The average molecular weight is 391 g/mol. The Morgan fingerprint density at radius 2 is 1.89 bits per heavy atom. The van der Waals surface area contributed by atoms with Crippen molar-refractivity contribution >= 4 is 40.4 Å². The molecule has 0 aliphatic heterocycles. The van der Waals surface area contributed by atoms with Crippen LogP contribution < -0.4 is 5.32 Å². The van der Waals surface area contributed by atoms with Crippen molar-refractivity contribution in [2.45, 2.75) is 11.7 Å². The number of fused-ring (bicyclic) bond motifs is 1. The van der Waals surface area contributed by atoms with Crippen LogP contribution >= 0.6 is 11.8 Å². The quantitative estimate of drug-likeness (QED) is 0.509. The summed E-state index contributed by atoms with van der Waals surface area (Å²) in [4.78, 5) is 28.1. The van der Waals surface area contributed by atoms with Crippen LogP contribution in [0.3, 0.4) is 0 Å². The number of carbonyl (C=O) groups excluding carboxylic acids is 2. The SMILES string of the molecule is COC(=O)c1ccccc1NC(=O)CSc1nc2ccccc2n1C(F)F. The summed E-state index contributed by atoms with van der Waals surface area (Å²) >= 11 is 0.892. The molecule has 6 nitrogen and oxygen atoms in total. The molecule has 1 aromatic heterocycles. The summed E-state index contributed by atoms with van der Waals surface area (Å²) in [5, 5.41) is 2.64. The summed E-state index contributed by atoms with van der Waals surface area (Å²) in [6, 6.07) is 12.9. The number of esters is 1. The van der Waals surface area contributed by atoms with Gasteiger partial charge >= 0.3 is 12.5 Å². The monoisotopic (exact) mass is 391 g/mol. The second-order valence-electron chi connectivity index (χ2n) is 5.40. The van der Waals surface area contributed by atoms with Gasteiger partial charge in [0, 0.05) is 0 Å². The number of halogens is 2. The molecule has 0 aliphatic rings. The highest BCUT2D eigenvalue weighted by molar-refractivity contribution is 7.99. The number of carbonyl (C=O) groups is 2. The Labute approximate surface area is 157 Å². The van der Waals surface area contributed by atoms with E-state index in [1.807, 2.05) is 0 Å². The van der Waals surface area contributed by atoms with Gasteiger partial charge in [0.05, 0.1) is 35.1 Å². The Balaban J connectivity index is 1.75. The van der Waals surface area contributed by atoms with Crippen LogP contribution in [0.25, 0.3) is 11.0 Å². The molecule has 140 valence electrons. The topological polar surface area (TPSA) is 73.2 Å². The van der Waals surface area contributed by atoms with E-state index in [0.717, 1.165) is 16.3 Å². The molecule has 3 rings (SSSR count). The maximum Gasteiger partial charge on any atom is 0.339 e. The van der Waals surface area contributed by atoms with Crippen molar-refractivity contribution in [2.24, 2.45) is 0 Å². The van der Waals surface area contributed by atoms with Gasteiger partial charge < -0.3 is 10.1 Å². The molecule has 0 atom stereocenters. The van der Waals surface area contributed by atoms with Crippen LogP contribution in [0, 0.1) is 0 Å². The van der Waals surface area contributed by atoms with E-state index in [9.17, 15) is 18.4 Å². The van der Waals surface area contributed by atoms with Gasteiger partial charge in [0.1, 0.15) is 0 Å². The standard InChI is InChI=1S/C18H15F2N3O3S/c1-26-16(25)11-6-2-3-7-12(11)21-15(24)10-27-18-22-13-8-4-5-9-14(13)23(18)17(19)20/h2-9,17H,10H2,1H3,(H,21,24). The zero-order valence-electron chi connectivity index (χ0n) is 14.2. The molecule has 0 saturated heterocycles. The number of methoxy groups -OCH3 is 1. The van der Waals surface area contributed by atoms with Crippen molar-refractivity contribution in [2.75, 3.05) is 18.2 Å². The first-order chi connectivity index (χ1) is 13.0. The fourth-order valence-electron chi connectivity index (χ4n) is 2.51. The molecule has 0 spiro atoms. The van der Waals surface area contributed by atoms with Gasteiger partial charge in [-0.15, -0.1) is 0 Å². The Kier molecular flexibility index (Phi) is 5.70. The van der Waals surface area contributed by atoms with Gasteiger partial charge in [0.2, 0.25) is 5.91 Å². The number of anilines is 1. The van der Waals surface area contributed by atoms with Gasteiger partial charge in [-0.3, -0.25) is 9.36 Å². The summed E-state index contributed by atoms with van der Waals surface area (Å²) in [5.41, 5.74) is 1.22. The minimum Gasteiger partial charge on any atom is -0.465 e. The van der Waals surface area contributed by atoms with Crippen molar-refractivity contribution < 1.29 is 23.1 Å². The molecule has 0 fully saturated rings. The van der Waals surface area contributed by atoms with Crippen LogP contribution in [0.1, 0.15) is 16.9 Å². The number of nitrogens with one attached hydrogen (secondary N) is 1. The number of hydrogen-bond donors (Lipinski definition) is 1. The molecule has 0 radical (unpaired) electrons. The maximum atomic E-state index is 13.4. The summed E-state index contributed by atoms with van der Waals surface area (Å²) in [5.74, 6) is -1.19. The Morgan fingerprint density at radius 1 is 1.19 bits per heavy atom. The fourth-order valence-corrected chi connectivity index (χ4v) is 3.32. The lowest BCUT2D eigenvalue weighted by atomic mass is 10.2. The molecule has 2 aromatic carbocycles. The van der Waals surface area contributed by atoms with E-state index in [1.165, 1.54) is 13.2 Å². The summed E-state index contributed by atoms with van der Waals surface area (Å²) in [7, 11) is 1.24. The Hall–Kier alpha value is -2.94. The zero-order valence-corrected chi connectivity index (χ0v) is 15.0. The molecule has 0 saturated carbocycles. The smallest absolute Gasteiger partial charge is 0.339 e. The highest BCUT2D eigenvalue weighted by Gasteiger charge is 2.19. The van der Waals surface area contributed by atoms with Crippen molar-refractivity contribution in [3.05, 3.63) is 54.1 Å². The van der Waals surface area contributed by atoms with Crippen molar-refractivity contribution in [1.29, 1.82) is 0 Å². The number of nitrogens with zero attached hydrogens (tertiary/aromatic N) is 2. The molecule has 1 amide bonds. The Morgan fingerprint density at radius 3 is 2.63 bits per heavy atom. The Bertz CT molecular complexity index is 991. The summed E-state index contributed by atoms with van der Waals surface area (Å²) in [6.07, 6.45) is 0. The minimum absolute atomic E-state index is 0.0441. The van der Waals surface area contributed by atoms with E-state index >= 15 is 0 Å². The number of ether oxygens (including phenoxy) is 1. The van der Waals surface area contributed by atoms with E-state index in [2.05, 4.69) is 15.0 Å². The van der Waals surface area contributed by atoms with E-state index in [1.54, 1.807) is 42.5 Å². The molecular weight excluding hydrogens is 376 g/mol. The van der Waals surface area contributed by atoms with Crippen LogP contribution in [-0.4, -0.2) is 34.3 Å². The molecule has 3 aromatic rings. The summed E-state index contributed by atoms with van der Waals surface area (Å²) < 4.78 is 32.3. The van der Waals surface area contributed by atoms with Gasteiger partial charge in [0.15, 0.2) is 5.16 Å². The molecular formula is C18H15F2N3O3S. The van der Waals surface area contributed by atoms with Crippen LogP contribution in [0.4, 0.5) is 14.5 Å². The second-order valence-corrected chi connectivity index (χ2v) is 6.35.